The maximum atomic E-state index is 12.9. The minimum absolute atomic E-state index is 0.0340. The van der Waals surface area contributed by atoms with Gasteiger partial charge in [-0.05, 0) is 38.0 Å². The Kier molecular flexibility index (Phi) is 7.70. The van der Waals surface area contributed by atoms with Crippen LogP contribution >= 0.6 is 11.6 Å². The number of rotatable bonds is 8. The van der Waals surface area contributed by atoms with Crippen molar-refractivity contribution in [2.24, 2.45) is 5.92 Å². The van der Waals surface area contributed by atoms with E-state index in [-0.39, 0.29) is 30.3 Å². The van der Waals surface area contributed by atoms with Gasteiger partial charge in [0.25, 0.3) is 0 Å². The summed E-state index contributed by atoms with van der Waals surface area (Å²) in [6.45, 7) is 7.76. The van der Waals surface area contributed by atoms with Crippen molar-refractivity contribution in [2.75, 3.05) is 11.9 Å². The van der Waals surface area contributed by atoms with Gasteiger partial charge in [0, 0.05) is 34.9 Å². The third-order valence-corrected chi connectivity index (χ3v) is 5.19. The molecule has 2 amide bonds. The Bertz CT molecular complexity index is 1080. The lowest BCUT2D eigenvalue weighted by atomic mass is 10.1. The van der Waals surface area contributed by atoms with E-state index in [1.165, 1.54) is 0 Å². The van der Waals surface area contributed by atoms with E-state index in [9.17, 15) is 9.59 Å². The fourth-order valence-electron chi connectivity index (χ4n) is 3.38. The van der Waals surface area contributed by atoms with Gasteiger partial charge < -0.3 is 4.90 Å². The predicted octanol–water partition coefficient (Wildman–Crippen LogP) is 5.41. The van der Waals surface area contributed by atoms with Gasteiger partial charge in [0.05, 0.1) is 5.69 Å². The molecule has 168 valence electrons. The van der Waals surface area contributed by atoms with Crippen LogP contribution in [0, 0.1) is 5.92 Å². The lowest BCUT2D eigenvalue weighted by Gasteiger charge is -2.27. The van der Waals surface area contributed by atoms with Crippen LogP contribution in [0.25, 0.3) is 16.9 Å². The number of nitrogens with zero attached hydrogens (tertiary/aromatic N) is 3. The molecule has 0 fully saturated rings. The Balaban J connectivity index is 1.89. The van der Waals surface area contributed by atoms with Crippen molar-refractivity contribution in [1.82, 2.24) is 14.5 Å². The third kappa shape index (κ3) is 5.98. The highest BCUT2D eigenvalue weighted by molar-refractivity contribution is 6.30. The minimum atomic E-state index is -0.302. The number of carbonyl (C=O) groups is 2. The van der Waals surface area contributed by atoms with Gasteiger partial charge in [-0.15, -0.1) is 0 Å². The first-order chi connectivity index (χ1) is 15.2. The number of halogens is 1. The summed E-state index contributed by atoms with van der Waals surface area (Å²) >= 11 is 6.19. The number of aromatic nitrogens is 2. The summed E-state index contributed by atoms with van der Waals surface area (Å²) in [7, 11) is 0. The van der Waals surface area contributed by atoms with Crippen molar-refractivity contribution < 1.29 is 9.59 Å². The van der Waals surface area contributed by atoms with E-state index in [1.807, 2.05) is 76.4 Å². The molecule has 0 spiro atoms. The van der Waals surface area contributed by atoms with Gasteiger partial charge in [-0.1, -0.05) is 61.8 Å². The number of imidazole rings is 1. The first-order valence-electron chi connectivity index (χ1n) is 10.7. The Hall–Kier alpha value is -3.12. The molecule has 3 rings (SSSR count). The lowest BCUT2D eigenvalue weighted by molar-refractivity contribution is -0.137. The Morgan fingerprint density at radius 1 is 1.06 bits per heavy atom. The van der Waals surface area contributed by atoms with Gasteiger partial charge in [0.2, 0.25) is 17.8 Å². The lowest BCUT2D eigenvalue weighted by Crippen LogP contribution is -2.43. The Labute approximate surface area is 194 Å². The smallest absolute Gasteiger partial charge is 0.246 e. The summed E-state index contributed by atoms with van der Waals surface area (Å²) in [4.78, 5) is 31.8. The van der Waals surface area contributed by atoms with Crippen molar-refractivity contribution in [3.8, 4) is 16.9 Å². The first kappa shape index (κ1) is 23.5. The summed E-state index contributed by atoms with van der Waals surface area (Å²) in [5.41, 5.74) is 2.43. The number of benzene rings is 2. The second kappa shape index (κ2) is 10.5. The van der Waals surface area contributed by atoms with Crippen LogP contribution in [-0.2, 0) is 9.59 Å². The molecule has 7 heteroatoms. The average molecular weight is 453 g/mol. The molecule has 0 aliphatic rings. The molecule has 1 heterocycles. The number of amides is 2. The van der Waals surface area contributed by atoms with Crippen LogP contribution in [0.4, 0.5) is 5.95 Å². The van der Waals surface area contributed by atoms with Crippen molar-refractivity contribution in [1.29, 1.82) is 0 Å². The van der Waals surface area contributed by atoms with E-state index in [0.29, 0.717) is 17.4 Å². The second-order valence-electron chi connectivity index (χ2n) is 8.43. The normalized spacial score (nSPS) is 11.1. The molecule has 6 nitrogen and oxygen atoms in total. The van der Waals surface area contributed by atoms with Crippen molar-refractivity contribution in [3.05, 3.63) is 65.8 Å². The summed E-state index contributed by atoms with van der Waals surface area (Å²) in [5.74, 6) is 0.260. The fraction of sp³-hybridized carbons (Fsp3) is 0.320. The molecule has 3 aromatic rings. The molecule has 0 saturated heterocycles. The monoisotopic (exact) mass is 452 g/mol. The van der Waals surface area contributed by atoms with Crippen LogP contribution in [0.15, 0.2) is 60.8 Å². The number of hydrogen-bond acceptors (Lipinski definition) is 3. The molecule has 0 bridgehead atoms. The molecule has 1 N–H and O–H groups in total. The van der Waals surface area contributed by atoms with Gasteiger partial charge in [-0.2, -0.15) is 0 Å². The highest BCUT2D eigenvalue weighted by atomic mass is 35.5. The van der Waals surface area contributed by atoms with Gasteiger partial charge in [-0.25, -0.2) is 4.98 Å². The van der Waals surface area contributed by atoms with Crippen molar-refractivity contribution in [2.45, 2.75) is 40.2 Å². The van der Waals surface area contributed by atoms with Crippen LogP contribution in [-0.4, -0.2) is 38.9 Å². The summed E-state index contributed by atoms with van der Waals surface area (Å²) in [6.07, 6.45) is 2.27. The molecular formula is C25H29ClN4O2. The standard InChI is InChI=1S/C25H29ClN4O2/c1-17(2)13-24(32)29(18(3)4)16-23(31)28-25-27-22(19-9-6-5-7-10-19)15-30(25)21-12-8-11-20(26)14-21/h5-12,14-15,17-18H,13,16H2,1-4H3,(H,27,28,31). The molecule has 0 aliphatic heterocycles. The fourth-order valence-corrected chi connectivity index (χ4v) is 3.57. The van der Waals surface area contributed by atoms with Crippen LogP contribution in [0.5, 0.6) is 0 Å². The zero-order chi connectivity index (χ0) is 23.3. The topological polar surface area (TPSA) is 67.2 Å². The van der Waals surface area contributed by atoms with Gasteiger partial charge in [0.15, 0.2) is 0 Å². The van der Waals surface area contributed by atoms with Crippen molar-refractivity contribution in [3.63, 3.8) is 0 Å². The molecule has 0 atom stereocenters. The van der Waals surface area contributed by atoms with Crippen molar-refractivity contribution >= 4 is 29.4 Å². The van der Waals surface area contributed by atoms with E-state index >= 15 is 0 Å². The van der Waals surface area contributed by atoms with Crippen LogP contribution in [0.1, 0.15) is 34.1 Å². The zero-order valence-corrected chi connectivity index (χ0v) is 19.6. The highest BCUT2D eigenvalue weighted by Gasteiger charge is 2.22. The number of carbonyl (C=O) groups excluding carboxylic acids is 2. The Morgan fingerprint density at radius 2 is 1.78 bits per heavy atom. The van der Waals surface area contributed by atoms with E-state index in [1.54, 1.807) is 21.6 Å². The van der Waals surface area contributed by atoms with Crippen LogP contribution < -0.4 is 5.32 Å². The summed E-state index contributed by atoms with van der Waals surface area (Å²) in [6, 6.07) is 17.0. The van der Waals surface area contributed by atoms with Crippen LogP contribution in [0.3, 0.4) is 0 Å². The van der Waals surface area contributed by atoms with E-state index < -0.39 is 0 Å². The molecule has 0 saturated carbocycles. The first-order valence-corrected chi connectivity index (χ1v) is 11.1. The van der Waals surface area contributed by atoms with E-state index in [0.717, 1.165) is 16.9 Å². The summed E-state index contributed by atoms with van der Waals surface area (Å²) in [5, 5.41) is 3.47. The van der Waals surface area contributed by atoms with Gasteiger partial charge >= 0.3 is 0 Å². The molecule has 0 unspecified atom stereocenters. The maximum Gasteiger partial charge on any atom is 0.246 e. The highest BCUT2D eigenvalue weighted by Crippen LogP contribution is 2.25. The number of hydrogen-bond donors (Lipinski definition) is 1. The van der Waals surface area contributed by atoms with Gasteiger partial charge in [0.1, 0.15) is 6.54 Å². The summed E-state index contributed by atoms with van der Waals surface area (Å²) < 4.78 is 1.79. The van der Waals surface area contributed by atoms with Crippen LogP contribution in [0.2, 0.25) is 5.02 Å². The minimum Gasteiger partial charge on any atom is -0.331 e. The number of nitrogens with one attached hydrogen (secondary N) is 1. The Morgan fingerprint density at radius 3 is 2.41 bits per heavy atom. The molecule has 0 radical (unpaired) electrons. The maximum absolute atomic E-state index is 12.9. The predicted molar refractivity (Wildman–Crippen MR) is 129 cm³/mol. The molecule has 32 heavy (non-hydrogen) atoms. The van der Waals surface area contributed by atoms with E-state index in [4.69, 9.17) is 11.6 Å². The largest absolute Gasteiger partial charge is 0.331 e. The van der Waals surface area contributed by atoms with E-state index in [2.05, 4.69) is 10.3 Å². The molecule has 0 aliphatic carbocycles. The molecule has 2 aromatic carbocycles. The molecular weight excluding hydrogens is 424 g/mol. The second-order valence-corrected chi connectivity index (χ2v) is 8.86. The average Bonchev–Trinajstić information content (AvgIpc) is 3.15. The third-order valence-electron chi connectivity index (χ3n) is 4.95. The quantitative estimate of drug-likeness (QED) is 0.496. The zero-order valence-electron chi connectivity index (χ0n) is 18.9. The van der Waals surface area contributed by atoms with Gasteiger partial charge in [-0.3, -0.25) is 19.5 Å². The molecule has 1 aromatic heterocycles. The number of anilines is 1. The SMILES string of the molecule is CC(C)CC(=O)N(CC(=O)Nc1nc(-c2ccccc2)cn1-c1cccc(Cl)c1)C(C)C.